The predicted octanol–water partition coefficient (Wildman–Crippen LogP) is 2.00. The van der Waals surface area contributed by atoms with Crippen molar-refractivity contribution in [2.45, 2.75) is 45.3 Å². The molecule has 1 heterocycles. The van der Waals surface area contributed by atoms with Crippen LogP contribution < -0.4 is 11.1 Å². The number of pyridine rings is 1. The van der Waals surface area contributed by atoms with Gasteiger partial charge in [-0.3, -0.25) is 0 Å². The van der Waals surface area contributed by atoms with Crippen molar-refractivity contribution in [3.8, 4) is 0 Å². The molecule has 0 saturated carbocycles. The molecule has 0 radical (unpaired) electrons. The summed E-state index contributed by atoms with van der Waals surface area (Å²) in [5, 5.41) is 3.34. The van der Waals surface area contributed by atoms with E-state index in [0.717, 1.165) is 31.4 Å². The van der Waals surface area contributed by atoms with E-state index in [0.29, 0.717) is 5.82 Å². The smallest absolute Gasteiger partial charge is 0.126 e. The van der Waals surface area contributed by atoms with Crippen molar-refractivity contribution in [2.24, 2.45) is 0 Å². The number of rotatable bonds is 8. The van der Waals surface area contributed by atoms with Crippen LogP contribution in [0.5, 0.6) is 0 Å². The van der Waals surface area contributed by atoms with E-state index in [9.17, 15) is 0 Å². The lowest BCUT2D eigenvalue weighted by atomic mass is 9.98. The van der Waals surface area contributed by atoms with Gasteiger partial charge in [0.15, 0.2) is 0 Å². The Kier molecular flexibility index (Phi) is 6.68. The first kappa shape index (κ1) is 14.9. The number of nitrogens with two attached hydrogens (primary N) is 1. The van der Waals surface area contributed by atoms with E-state index in [1.807, 2.05) is 26.1 Å². The van der Waals surface area contributed by atoms with Crippen LogP contribution in [-0.2, 0) is 11.2 Å². The van der Waals surface area contributed by atoms with Crippen LogP contribution in [0.1, 0.15) is 32.3 Å². The van der Waals surface area contributed by atoms with Crippen LogP contribution in [0.2, 0.25) is 0 Å². The van der Waals surface area contributed by atoms with Crippen molar-refractivity contribution in [2.75, 3.05) is 19.4 Å². The molecule has 2 unspecified atom stereocenters. The Morgan fingerprint density at radius 1 is 1.44 bits per heavy atom. The standard InChI is InChI=1S/C14H25N3O/c1-4-7-13(18-5-2)12(16-3)10-11-8-6-9-17-14(11)15/h6,8-9,12-13,16H,4-5,7,10H2,1-3H3,(H2,15,17). The fourth-order valence-corrected chi connectivity index (χ4v) is 2.18. The summed E-state index contributed by atoms with van der Waals surface area (Å²) in [6.45, 7) is 4.95. The Bertz CT molecular complexity index is 338. The first-order valence-corrected chi connectivity index (χ1v) is 6.71. The molecule has 0 saturated heterocycles. The highest BCUT2D eigenvalue weighted by molar-refractivity contribution is 5.39. The van der Waals surface area contributed by atoms with E-state index in [1.54, 1.807) is 6.20 Å². The van der Waals surface area contributed by atoms with Crippen LogP contribution in [0.15, 0.2) is 18.3 Å². The van der Waals surface area contributed by atoms with Gasteiger partial charge < -0.3 is 15.8 Å². The summed E-state index contributed by atoms with van der Waals surface area (Å²) >= 11 is 0. The number of anilines is 1. The van der Waals surface area contributed by atoms with Crippen LogP contribution >= 0.6 is 0 Å². The van der Waals surface area contributed by atoms with Gasteiger partial charge in [-0.1, -0.05) is 19.4 Å². The van der Waals surface area contributed by atoms with Gasteiger partial charge in [0.05, 0.1) is 6.10 Å². The molecule has 0 amide bonds. The summed E-state index contributed by atoms with van der Waals surface area (Å²) in [7, 11) is 1.97. The Morgan fingerprint density at radius 3 is 2.78 bits per heavy atom. The quantitative estimate of drug-likeness (QED) is 0.742. The lowest BCUT2D eigenvalue weighted by Gasteiger charge is -2.27. The maximum absolute atomic E-state index is 5.89. The summed E-state index contributed by atoms with van der Waals surface area (Å²) in [5.41, 5.74) is 6.97. The summed E-state index contributed by atoms with van der Waals surface area (Å²) in [5.74, 6) is 0.615. The molecule has 2 atom stereocenters. The highest BCUT2D eigenvalue weighted by atomic mass is 16.5. The number of likely N-dealkylation sites (N-methyl/N-ethyl adjacent to an activating group) is 1. The van der Waals surface area contributed by atoms with Crippen molar-refractivity contribution in [3.05, 3.63) is 23.9 Å². The van der Waals surface area contributed by atoms with Crippen molar-refractivity contribution in [1.82, 2.24) is 10.3 Å². The first-order chi connectivity index (χ1) is 8.72. The third-order valence-electron chi connectivity index (χ3n) is 3.14. The number of ether oxygens (including phenoxy) is 1. The second kappa shape index (κ2) is 8.06. The summed E-state index contributed by atoms with van der Waals surface area (Å²) in [4.78, 5) is 4.13. The maximum Gasteiger partial charge on any atom is 0.126 e. The molecule has 0 fully saturated rings. The minimum absolute atomic E-state index is 0.226. The maximum atomic E-state index is 5.89. The lowest BCUT2D eigenvalue weighted by molar-refractivity contribution is 0.0301. The Hall–Kier alpha value is -1.13. The molecule has 0 bridgehead atoms. The normalized spacial score (nSPS) is 14.4. The Balaban J connectivity index is 2.73. The first-order valence-electron chi connectivity index (χ1n) is 6.71. The van der Waals surface area contributed by atoms with Gasteiger partial charge in [0, 0.05) is 18.8 Å². The molecular weight excluding hydrogens is 226 g/mol. The molecule has 102 valence electrons. The summed E-state index contributed by atoms with van der Waals surface area (Å²) in [6.07, 6.45) is 4.97. The van der Waals surface area contributed by atoms with E-state index < -0.39 is 0 Å². The molecule has 0 aliphatic carbocycles. The topological polar surface area (TPSA) is 60.2 Å². The number of hydrogen-bond donors (Lipinski definition) is 2. The minimum Gasteiger partial charge on any atom is -0.383 e. The molecule has 4 nitrogen and oxygen atoms in total. The summed E-state index contributed by atoms with van der Waals surface area (Å²) < 4.78 is 5.82. The van der Waals surface area contributed by atoms with Crippen LogP contribution in [0.3, 0.4) is 0 Å². The monoisotopic (exact) mass is 251 g/mol. The fourth-order valence-electron chi connectivity index (χ4n) is 2.18. The van der Waals surface area contributed by atoms with Crippen LogP contribution in [0.4, 0.5) is 5.82 Å². The zero-order valence-electron chi connectivity index (χ0n) is 11.6. The minimum atomic E-state index is 0.226. The molecule has 3 N–H and O–H groups in total. The lowest BCUT2D eigenvalue weighted by Crippen LogP contribution is -2.41. The highest BCUT2D eigenvalue weighted by Crippen LogP contribution is 2.15. The number of hydrogen-bond acceptors (Lipinski definition) is 4. The third-order valence-corrected chi connectivity index (χ3v) is 3.14. The number of aromatic nitrogens is 1. The van der Waals surface area contributed by atoms with Crippen molar-refractivity contribution in [3.63, 3.8) is 0 Å². The second-order valence-corrected chi connectivity index (χ2v) is 4.43. The highest BCUT2D eigenvalue weighted by Gasteiger charge is 2.20. The molecular formula is C14H25N3O. The third kappa shape index (κ3) is 4.27. The Morgan fingerprint density at radius 2 is 2.22 bits per heavy atom. The van der Waals surface area contributed by atoms with Crippen molar-refractivity contribution >= 4 is 5.82 Å². The molecule has 4 heteroatoms. The van der Waals surface area contributed by atoms with Gasteiger partial charge in [0.2, 0.25) is 0 Å². The Labute approximate surface area is 110 Å². The average molecular weight is 251 g/mol. The average Bonchev–Trinajstić information content (AvgIpc) is 2.38. The van der Waals surface area contributed by atoms with Gasteiger partial charge in [-0.15, -0.1) is 0 Å². The molecule has 18 heavy (non-hydrogen) atoms. The van der Waals surface area contributed by atoms with Gasteiger partial charge in [-0.05, 0) is 38.4 Å². The van der Waals surface area contributed by atoms with Gasteiger partial charge in [0.25, 0.3) is 0 Å². The van der Waals surface area contributed by atoms with E-state index in [4.69, 9.17) is 10.5 Å². The molecule has 1 aromatic heterocycles. The SMILES string of the molecule is CCCC(OCC)C(Cc1cccnc1N)NC. The molecule has 0 aliphatic heterocycles. The van der Waals surface area contributed by atoms with Gasteiger partial charge in [0.1, 0.15) is 5.82 Å². The fraction of sp³-hybridized carbons (Fsp3) is 0.643. The van der Waals surface area contributed by atoms with E-state index in [-0.39, 0.29) is 12.1 Å². The van der Waals surface area contributed by atoms with Gasteiger partial charge in [-0.2, -0.15) is 0 Å². The van der Waals surface area contributed by atoms with E-state index >= 15 is 0 Å². The zero-order valence-corrected chi connectivity index (χ0v) is 11.6. The molecule has 0 aliphatic rings. The van der Waals surface area contributed by atoms with Crippen molar-refractivity contribution < 1.29 is 4.74 Å². The predicted molar refractivity (Wildman–Crippen MR) is 75.5 cm³/mol. The second-order valence-electron chi connectivity index (χ2n) is 4.43. The molecule has 1 rings (SSSR count). The van der Waals surface area contributed by atoms with Gasteiger partial charge in [-0.25, -0.2) is 4.98 Å². The van der Waals surface area contributed by atoms with Gasteiger partial charge >= 0.3 is 0 Å². The largest absolute Gasteiger partial charge is 0.383 e. The van der Waals surface area contributed by atoms with Crippen molar-refractivity contribution in [1.29, 1.82) is 0 Å². The van der Waals surface area contributed by atoms with Crippen LogP contribution in [-0.4, -0.2) is 30.8 Å². The van der Waals surface area contributed by atoms with E-state index in [1.165, 1.54) is 0 Å². The van der Waals surface area contributed by atoms with Crippen LogP contribution in [0.25, 0.3) is 0 Å². The summed E-state index contributed by atoms with van der Waals surface area (Å²) in [6, 6.07) is 4.23. The molecule has 0 aromatic carbocycles. The zero-order chi connectivity index (χ0) is 13.4. The number of nitrogens with zero attached hydrogens (tertiary/aromatic N) is 1. The number of nitrogens with one attached hydrogen (secondary N) is 1. The van der Waals surface area contributed by atoms with Crippen LogP contribution in [0, 0.1) is 0 Å². The molecule has 0 spiro atoms. The number of nitrogen functional groups attached to an aromatic ring is 1. The van der Waals surface area contributed by atoms with E-state index in [2.05, 4.69) is 17.2 Å². The molecule has 1 aromatic rings.